The van der Waals surface area contributed by atoms with Crippen molar-refractivity contribution >= 4 is 22.9 Å². The molecular formula is C18H21N2OS+. The molecule has 3 nitrogen and oxygen atoms in total. The quantitative estimate of drug-likeness (QED) is 0.861. The third kappa shape index (κ3) is 2.09. The molecule has 3 heterocycles. The van der Waals surface area contributed by atoms with Crippen molar-refractivity contribution in [2.24, 2.45) is 0 Å². The van der Waals surface area contributed by atoms with Gasteiger partial charge in [0.25, 0.3) is 11.6 Å². The SMILES string of the molecule is Cc1cccc(N2C[C@@](O)(c3cccs3)[N+]3=C2CCCC3)c1. The van der Waals surface area contributed by atoms with E-state index in [2.05, 4.69) is 46.7 Å². The minimum absolute atomic E-state index is 0.617. The molecule has 0 saturated carbocycles. The van der Waals surface area contributed by atoms with Gasteiger partial charge in [-0.2, -0.15) is 0 Å². The number of hydrogen-bond acceptors (Lipinski definition) is 3. The summed E-state index contributed by atoms with van der Waals surface area (Å²) in [5.41, 5.74) is 1.56. The maximum atomic E-state index is 11.4. The Labute approximate surface area is 135 Å². The fourth-order valence-corrected chi connectivity index (χ4v) is 4.47. The number of nitrogens with zero attached hydrogens (tertiary/aromatic N) is 2. The van der Waals surface area contributed by atoms with Crippen LogP contribution in [0.2, 0.25) is 0 Å². The van der Waals surface area contributed by atoms with Gasteiger partial charge in [-0.05, 0) is 48.9 Å². The number of rotatable bonds is 2. The van der Waals surface area contributed by atoms with Gasteiger partial charge in [0, 0.05) is 6.42 Å². The Morgan fingerprint density at radius 2 is 2.14 bits per heavy atom. The van der Waals surface area contributed by atoms with E-state index in [1.54, 1.807) is 11.3 Å². The highest BCUT2D eigenvalue weighted by Crippen LogP contribution is 2.37. The van der Waals surface area contributed by atoms with Crippen molar-refractivity contribution in [2.75, 3.05) is 18.0 Å². The number of amidine groups is 1. The average Bonchev–Trinajstić information content (AvgIpc) is 3.16. The van der Waals surface area contributed by atoms with Crippen LogP contribution in [-0.2, 0) is 5.72 Å². The van der Waals surface area contributed by atoms with E-state index in [1.165, 1.54) is 23.5 Å². The Bertz CT molecular complexity index is 722. The number of thiophene rings is 1. The van der Waals surface area contributed by atoms with Crippen LogP contribution in [0.25, 0.3) is 0 Å². The number of aryl methyl sites for hydroxylation is 1. The second-order valence-electron chi connectivity index (χ2n) is 6.24. The van der Waals surface area contributed by atoms with Crippen LogP contribution in [0.5, 0.6) is 0 Å². The zero-order chi connectivity index (χ0) is 15.2. The van der Waals surface area contributed by atoms with Gasteiger partial charge >= 0.3 is 0 Å². The number of anilines is 1. The summed E-state index contributed by atoms with van der Waals surface area (Å²) in [4.78, 5) is 3.35. The molecular weight excluding hydrogens is 292 g/mol. The van der Waals surface area contributed by atoms with Crippen molar-refractivity contribution in [2.45, 2.75) is 31.9 Å². The molecule has 0 saturated heterocycles. The van der Waals surface area contributed by atoms with Crippen LogP contribution in [0, 0.1) is 6.92 Å². The van der Waals surface area contributed by atoms with Gasteiger partial charge < -0.3 is 5.11 Å². The van der Waals surface area contributed by atoms with E-state index < -0.39 is 5.72 Å². The number of β-amino-alcohol motifs (C(OH)–C–C–N with tert-alkyl or cyclic N) is 1. The van der Waals surface area contributed by atoms with Crippen LogP contribution in [-0.4, -0.2) is 28.6 Å². The molecule has 0 amide bonds. The van der Waals surface area contributed by atoms with Crippen molar-refractivity contribution in [3.05, 3.63) is 52.2 Å². The zero-order valence-corrected chi connectivity index (χ0v) is 13.6. The molecule has 114 valence electrons. The summed E-state index contributed by atoms with van der Waals surface area (Å²) in [6.45, 7) is 3.67. The van der Waals surface area contributed by atoms with Crippen LogP contribution in [0.1, 0.15) is 29.7 Å². The monoisotopic (exact) mass is 313 g/mol. The second-order valence-corrected chi connectivity index (χ2v) is 7.19. The Morgan fingerprint density at radius 1 is 1.23 bits per heavy atom. The Morgan fingerprint density at radius 3 is 2.91 bits per heavy atom. The Balaban J connectivity index is 1.81. The number of hydrogen-bond donors (Lipinski definition) is 1. The third-order valence-electron chi connectivity index (χ3n) is 4.71. The highest BCUT2D eigenvalue weighted by atomic mass is 32.1. The summed E-state index contributed by atoms with van der Waals surface area (Å²) in [7, 11) is 0. The summed E-state index contributed by atoms with van der Waals surface area (Å²) < 4.78 is 2.23. The Hall–Kier alpha value is -1.65. The largest absolute Gasteiger partial charge is 0.346 e. The van der Waals surface area contributed by atoms with Crippen LogP contribution >= 0.6 is 11.3 Å². The lowest BCUT2D eigenvalue weighted by Crippen LogP contribution is -2.40. The standard InChI is InChI=1S/C18H21N2OS/c1-14-6-4-7-15(12-14)19-13-18(21,16-8-5-11-22-16)20-10-3-2-9-17(19)20/h4-8,11-12,21H,2-3,9-10,13H2,1H3/q+1/t18-/m1/s1. The van der Waals surface area contributed by atoms with Crippen molar-refractivity contribution < 1.29 is 9.68 Å². The first-order valence-electron chi connectivity index (χ1n) is 7.92. The molecule has 2 aromatic rings. The lowest BCUT2D eigenvalue weighted by Gasteiger charge is -2.22. The molecule has 4 rings (SSSR count). The lowest BCUT2D eigenvalue weighted by atomic mass is 10.1. The molecule has 0 radical (unpaired) electrons. The van der Waals surface area contributed by atoms with Crippen LogP contribution < -0.4 is 4.90 Å². The topological polar surface area (TPSA) is 26.5 Å². The molecule has 1 aromatic carbocycles. The van der Waals surface area contributed by atoms with E-state index in [0.29, 0.717) is 6.54 Å². The first kappa shape index (κ1) is 14.0. The lowest BCUT2D eigenvalue weighted by molar-refractivity contribution is -0.660. The summed E-state index contributed by atoms with van der Waals surface area (Å²) in [5.74, 6) is 1.27. The summed E-state index contributed by atoms with van der Waals surface area (Å²) in [5, 5.41) is 13.5. The summed E-state index contributed by atoms with van der Waals surface area (Å²) in [6, 6.07) is 12.6. The maximum Gasteiger partial charge on any atom is 0.280 e. The van der Waals surface area contributed by atoms with Gasteiger partial charge in [0.2, 0.25) is 0 Å². The molecule has 1 aromatic heterocycles. The van der Waals surface area contributed by atoms with E-state index in [9.17, 15) is 5.11 Å². The smallest absolute Gasteiger partial charge is 0.280 e. The number of aliphatic hydroxyl groups is 1. The van der Waals surface area contributed by atoms with E-state index in [4.69, 9.17) is 0 Å². The van der Waals surface area contributed by atoms with Crippen molar-refractivity contribution in [3.63, 3.8) is 0 Å². The third-order valence-corrected chi connectivity index (χ3v) is 5.72. The van der Waals surface area contributed by atoms with Crippen LogP contribution in [0.3, 0.4) is 0 Å². The molecule has 0 unspecified atom stereocenters. The van der Waals surface area contributed by atoms with Crippen molar-refractivity contribution in [1.82, 2.24) is 0 Å². The summed E-state index contributed by atoms with van der Waals surface area (Å²) >= 11 is 1.64. The minimum Gasteiger partial charge on any atom is -0.346 e. The summed E-state index contributed by atoms with van der Waals surface area (Å²) in [6.07, 6.45) is 3.40. The van der Waals surface area contributed by atoms with Gasteiger partial charge in [-0.15, -0.1) is 11.3 Å². The highest BCUT2D eigenvalue weighted by molar-refractivity contribution is 7.10. The molecule has 0 fully saturated rings. The predicted molar refractivity (Wildman–Crippen MR) is 90.7 cm³/mol. The van der Waals surface area contributed by atoms with Gasteiger partial charge in [-0.1, -0.05) is 18.2 Å². The maximum absolute atomic E-state index is 11.4. The van der Waals surface area contributed by atoms with Crippen molar-refractivity contribution in [1.29, 1.82) is 0 Å². The van der Waals surface area contributed by atoms with Gasteiger partial charge in [0.05, 0.1) is 11.4 Å². The van der Waals surface area contributed by atoms with Crippen LogP contribution in [0.4, 0.5) is 5.69 Å². The molecule has 4 heteroatoms. The first-order valence-corrected chi connectivity index (χ1v) is 8.80. The van der Waals surface area contributed by atoms with E-state index in [-0.39, 0.29) is 0 Å². The van der Waals surface area contributed by atoms with E-state index in [0.717, 1.165) is 24.3 Å². The van der Waals surface area contributed by atoms with Gasteiger partial charge in [0.1, 0.15) is 5.69 Å². The average molecular weight is 313 g/mol. The zero-order valence-electron chi connectivity index (χ0n) is 12.8. The normalized spacial score (nSPS) is 24.7. The first-order chi connectivity index (χ1) is 10.7. The fraction of sp³-hybridized carbons (Fsp3) is 0.389. The molecule has 22 heavy (non-hydrogen) atoms. The van der Waals surface area contributed by atoms with Gasteiger partial charge in [0.15, 0.2) is 6.54 Å². The molecule has 2 aliphatic rings. The fourth-order valence-electron chi connectivity index (χ4n) is 3.65. The molecule has 1 atom stereocenters. The molecule has 0 bridgehead atoms. The van der Waals surface area contributed by atoms with E-state index >= 15 is 0 Å². The van der Waals surface area contributed by atoms with Crippen molar-refractivity contribution in [3.8, 4) is 0 Å². The number of benzene rings is 1. The molecule has 2 aliphatic heterocycles. The molecule has 0 aliphatic carbocycles. The minimum atomic E-state index is -0.881. The molecule has 0 spiro atoms. The van der Waals surface area contributed by atoms with Gasteiger partial charge in [-0.3, -0.25) is 0 Å². The Kier molecular flexibility index (Phi) is 3.31. The van der Waals surface area contributed by atoms with Gasteiger partial charge in [-0.25, -0.2) is 9.48 Å². The highest BCUT2D eigenvalue weighted by Gasteiger charge is 2.53. The van der Waals surface area contributed by atoms with E-state index in [1.807, 2.05) is 11.4 Å². The van der Waals surface area contributed by atoms with Crippen LogP contribution in [0.15, 0.2) is 41.8 Å². The predicted octanol–water partition coefficient (Wildman–Crippen LogP) is 3.32. The second kappa shape index (κ2) is 5.21. The molecule has 1 N–H and O–H groups in total.